The lowest BCUT2D eigenvalue weighted by Gasteiger charge is -2.32. The first kappa shape index (κ1) is 19.3. The molecule has 3 heterocycles. The largest absolute Gasteiger partial charge is 0.376 e. The van der Waals surface area contributed by atoms with E-state index in [1.165, 1.54) is 0 Å². The van der Waals surface area contributed by atoms with Crippen LogP contribution in [0, 0.1) is 6.92 Å². The average Bonchev–Trinajstić information content (AvgIpc) is 3.38. The van der Waals surface area contributed by atoms with Gasteiger partial charge in [0.2, 0.25) is 5.91 Å². The van der Waals surface area contributed by atoms with Gasteiger partial charge in [-0.25, -0.2) is 0 Å². The highest BCUT2D eigenvalue weighted by molar-refractivity contribution is 5.76. The number of benzene rings is 1. The first-order valence-electron chi connectivity index (χ1n) is 9.94. The number of nitrogens with zero attached hydrogens (tertiary/aromatic N) is 5. The fraction of sp³-hybridized carbons (Fsp3) is 0.429. The number of hydrogen-bond donors (Lipinski definition) is 0. The topological polar surface area (TPSA) is 86.3 Å². The number of amides is 1. The Bertz CT molecular complexity index is 937. The van der Waals surface area contributed by atoms with Crippen LogP contribution in [0.1, 0.15) is 24.2 Å². The summed E-state index contributed by atoms with van der Waals surface area (Å²) in [5, 5.41) is 8.22. The minimum Gasteiger partial charge on any atom is -0.376 e. The molecule has 1 fully saturated rings. The third kappa shape index (κ3) is 5.08. The van der Waals surface area contributed by atoms with E-state index in [2.05, 4.69) is 15.2 Å². The number of likely N-dealkylation sites (tertiary alicyclic amines) is 1. The Balaban J connectivity index is 1.24. The van der Waals surface area contributed by atoms with Gasteiger partial charge in [0, 0.05) is 31.3 Å². The van der Waals surface area contributed by atoms with Crippen LogP contribution in [0.4, 0.5) is 0 Å². The van der Waals surface area contributed by atoms with Crippen LogP contribution in [0.5, 0.6) is 0 Å². The number of piperidine rings is 1. The summed E-state index contributed by atoms with van der Waals surface area (Å²) in [7, 11) is 0. The molecular weight excluding hydrogens is 370 g/mol. The molecule has 3 aromatic rings. The molecule has 0 spiro atoms. The van der Waals surface area contributed by atoms with Crippen LogP contribution in [0.25, 0.3) is 11.5 Å². The van der Waals surface area contributed by atoms with E-state index in [4.69, 9.17) is 9.26 Å². The summed E-state index contributed by atoms with van der Waals surface area (Å²) >= 11 is 0. The Morgan fingerprint density at radius 3 is 2.97 bits per heavy atom. The molecule has 1 aliphatic heterocycles. The summed E-state index contributed by atoms with van der Waals surface area (Å²) in [6.07, 6.45) is 6.14. The Hall–Kier alpha value is -3.00. The summed E-state index contributed by atoms with van der Waals surface area (Å²) in [5.41, 5.74) is 1.95. The highest BCUT2D eigenvalue weighted by atomic mass is 16.5. The lowest BCUT2D eigenvalue weighted by atomic mass is 10.1. The van der Waals surface area contributed by atoms with E-state index in [-0.39, 0.29) is 18.6 Å². The van der Waals surface area contributed by atoms with Crippen LogP contribution in [-0.2, 0) is 22.5 Å². The van der Waals surface area contributed by atoms with Crippen molar-refractivity contribution in [2.45, 2.75) is 38.8 Å². The molecular formula is C21H25N5O3. The maximum atomic E-state index is 12.5. The lowest BCUT2D eigenvalue weighted by Crippen LogP contribution is -2.44. The maximum Gasteiger partial charge on any atom is 0.257 e. The van der Waals surface area contributed by atoms with Gasteiger partial charge in [-0.1, -0.05) is 23.4 Å². The van der Waals surface area contributed by atoms with E-state index in [0.717, 1.165) is 30.5 Å². The number of carbonyl (C=O) groups excluding carboxylic acids is 1. The van der Waals surface area contributed by atoms with E-state index in [9.17, 15) is 4.79 Å². The Kier molecular flexibility index (Phi) is 6.00. The molecule has 1 amide bonds. The molecule has 1 unspecified atom stereocenters. The minimum atomic E-state index is 0.0348. The fourth-order valence-electron chi connectivity index (χ4n) is 3.46. The third-order valence-corrected chi connectivity index (χ3v) is 4.96. The predicted octanol–water partition coefficient (Wildman–Crippen LogP) is 2.49. The van der Waals surface area contributed by atoms with Crippen molar-refractivity contribution in [1.82, 2.24) is 24.8 Å². The molecule has 0 N–H and O–H groups in total. The van der Waals surface area contributed by atoms with Crippen molar-refractivity contribution < 1.29 is 14.1 Å². The molecule has 0 aliphatic carbocycles. The Morgan fingerprint density at radius 2 is 2.17 bits per heavy atom. The van der Waals surface area contributed by atoms with Gasteiger partial charge in [0.25, 0.3) is 5.89 Å². The van der Waals surface area contributed by atoms with E-state index in [1.54, 1.807) is 10.9 Å². The van der Waals surface area contributed by atoms with Crippen LogP contribution in [-0.4, -0.2) is 56.5 Å². The molecule has 0 radical (unpaired) electrons. The third-order valence-electron chi connectivity index (χ3n) is 4.96. The second kappa shape index (κ2) is 9.00. The number of rotatable bonds is 7. The van der Waals surface area contributed by atoms with Crippen molar-refractivity contribution in [3.8, 4) is 11.5 Å². The molecule has 1 saturated heterocycles. The molecule has 8 heteroatoms. The summed E-state index contributed by atoms with van der Waals surface area (Å²) in [5.74, 6) is 1.22. The lowest BCUT2D eigenvalue weighted by molar-refractivity contribution is -0.136. The van der Waals surface area contributed by atoms with Crippen LogP contribution in [0.15, 0.2) is 47.2 Å². The average molecular weight is 395 g/mol. The van der Waals surface area contributed by atoms with Gasteiger partial charge in [-0.3, -0.25) is 9.48 Å². The molecule has 4 rings (SSSR count). The first-order chi connectivity index (χ1) is 14.2. The predicted molar refractivity (Wildman–Crippen MR) is 106 cm³/mol. The molecule has 8 nitrogen and oxygen atoms in total. The molecule has 152 valence electrons. The van der Waals surface area contributed by atoms with Gasteiger partial charge >= 0.3 is 0 Å². The highest BCUT2D eigenvalue weighted by Gasteiger charge is 2.24. The SMILES string of the molecule is Cc1cnn(CC(=O)N2CCCC(OCCc3noc(-c4ccccc4)n3)C2)c1. The van der Waals surface area contributed by atoms with Crippen molar-refractivity contribution in [2.75, 3.05) is 19.7 Å². The maximum absolute atomic E-state index is 12.5. The molecule has 29 heavy (non-hydrogen) atoms. The molecule has 1 aromatic carbocycles. The zero-order chi connectivity index (χ0) is 20.1. The molecule has 0 bridgehead atoms. The monoisotopic (exact) mass is 395 g/mol. The second-order valence-corrected chi connectivity index (χ2v) is 7.32. The van der Waals surface area contributed by atoms with Gasteiger partial charge in [0.05, 0.1) is 18.9 Å². The van der Waals surface area contributed by atoms with Crippen LogP contribution < -0.4 is 0 Å². The Morgan fingerprint density at radius 1 is 1.31 bits per heavy atom. The van der Waals surface area contributed by atoms with Gasteiger partial charge < -0.3 is 14.2 Å². The number of aromatic nitrogens is 4. The second-order valence-electron chi connectivity index (χ2n) is 7.32. The van der Waals surface area contributed by atoms with Gasteiger partial charge in [0.15, 0.2) is 5.82 Å². The van der Waals surface area contributed by atoms with Gasteiger partial charge in [0.1, 0.15) is 6.54 Å². The van der Waals surface area contributed by atoms with Crippen molar-refractivity contribution in [3.63, 3.8) is 0 Å². The normalized spacial score (nSPS) is 16.9. The number of hydrogen-bond acceptors (Lipinski definition) is 6. The van der Waals surface area contributed by atoms with Gasteiger partial charge in [-0.15, -0.1) is 0 Å². The van der Waals surface area contributed by atoms with Crippen molar-refractivity contribution in [3.05, 3.63) is 54.1 Å². The van der Waals surface area contributed by atoms with Crippen molar-refractivity contribution in [1.29, 1.82) is 0 Å². The highest BCUT2D eigenvalue weighted by Crippen LogP contribution is 2.17. The number of ether oxygens (including phenoxy) is 1. The fourth-order valence-corrected chi connectivity index (χ4v) is 3.46. The van der Waals surface area contributed by atoms with Crippen molar-refractivity contribution in [2.24, 2.45) is 0 Å². The quantitative estimate of drug-likeness (QED) is 0.611. The molecule has 1 aliphatic rings. The zero-order valence-corrected chi connectivity index (χ0v) is 16.5. The van der Waals surface area contributed by atoms with Crippen molar-refractivity contribution >= 4 is 5.91 Å². The Labute approximate surface area is 169 Å². The summed E-state index contributed by atoms with van der Waals surface area (Å²) in [6, 6.07) is 9.69. The van der Waals surface area contributed by atoms with Gasteiger partial charge in [-0.05, 0) is 37.5 Å². The minimum absolute atomic E-state index is 0.0348. The number of aryl methyl sites for hydroxylation is 1. The summed E-state index contributed by atoms with van der Waals surface area (Å²) in [4.78, 5) is 18.8. The van der Waals surface area contributed by atoms with E-state index in [0.29, 0.717) is 31.3 Å². The molecule has 0 saturated carbocycles. The van der Waals surface area contributed by atoms with E-state index < -0.39 is 0 Å². The van der Waals surface area contributed by atoms with E-state index >= 15 is 0 Å². The van der Waals surface area contributed by atoms with Crippen LogP contribution in [0.2, 0.25) is 0 Å². The molecule has 2 aromatic heterocycles. The first-order valence-corrected chi connectivity index (χ1v) is 9.94. The van der Waals surface area contributed by atoms with Crippen LogP contribution >= 0.6 is 0 Å². The number of carbonyl (C=O) groups is 1. The van der Waals surface area contributed by atoms with Crippen LogP contribution in [0.3, 0.4) is 0 Å². The smallest absolute Gasteiger partial charge is 0.257 e. The standard InChI is InChI=1S/C21H25N5O3/c1-16-12-22-26(13-16)15-20(27)25-10-5-8-18(14-25)28-11-9-19-23-21(29-24-19)17-6-3-2-4-7-17/h2-4,6-7,12-13,18H,5,8-11,14-15H2,1H3. The molecule has 1 atom stereocenters. The zero-order valence-electron chi connectivity index (χ0n) is 16.5. The summed E-state index contributed by atoms with van der Waals surface area (Å²) < 4.78 is 13.0. The van der Waals surface area contributed by atoms with Gasteiger partial charge in [-0.2, -0.15) is 10.1 Å². The summed E-state index contributed by atoms with van der Waals surface area (Å²) in [6.45, 7) is 4.11. The van der Waals surface area contributed by atoms with E-state index in [1.807, 2.05) is 48.4 Å².